The summed E-state index contributed by atoms with van der Waals surface area (Å²) in [6.07, 6.45) is -9.46. The number of carbonyl (C=O) groups excluding carboxylic acids is 1. The molecule has 19 heteroatoms. The number of fused-ring (bicyclic) bond motifs is 3. The maximum absolute atomic E-state index is 17.5. The quantitative estimate of drug-likeness (QED) is 0.118. The Balaban J connectivity index is 1.40. The van der Waals surface area contributed by atoms with Crippen molar-refractivity contribution in [1.29, 1.82) is 5.26 Å². The highest BCUT2D eigenvalue weighted by Crippen LogP contribution is 2.45. The standard InChI is InChI=1S/C45H44F7N7O5/c1-25-17-34(57(20-26-7-13-31(61-5)14-8-26)21-27-9-15-32(62-6)16-10-27)54-39(36(25)45(50,51)52)35-28(19-53)18-33-38(37(35)46)55-41(63-24-44(47,48)49)56-40(33)58-22-29-11-12-30(23-58)59(29)42(60)64-43(2,3)4/h7-10,13-18,29-30H,11-12,20-24H2,1-6H3/t29-,30+. The zero-order chi connectivity index (χ0) is 46.3. The summed E-state index contributed by atoms with van der Waals surface area (Å²) < 4.78 is 125. The van der Waals surface area contributed by atoms with Gasteiger partial charge < -0.3 is 28.7 Å². The number of ether oxygens (including phenoxy) is 4. The molecule has 2 aromatic heterocycles. The minimum atomic E-state index is -5.12. The fourth-order valence-corrected chi connectivity index (χ4v) is 8.13. The molecular weight excluding hydrogens is 852 g/mol. The summed E-state index contributed by atoms with van der Waals surface area (Å²) >= 11 is 0. The molecule has 0 aliphatic carbocycles. The van der Waals surface area contributed by atoms with Gasteiger partial charge in [-0.2, -0.15) is 41.6 Å². The van der Waals surface area contributed by atoms with E-state index < -0.39 is 82.5 Å². The number of aromatic nitrogens is 3. The molecule has 0 N–H and O–H groups in total. The van der Waals surface area contributed by atoms with Crippen molar-refractivity contribution in [2.24, 2.45) is 0 Å². The van der Waals surface area contributed by atoms with Gasteiger partial charge in [-0.05, 0) is 93.6 Å². The number of nitrogens with zero attached hydrogens (tertiary/aromatic N) is 7. The van der Waals surface area contributed by atoms with Gasteiger partial charge in [-0.1, -0.05) is 24.3 Å². The molecule has 7 rings (SSSR count). The third kappa shape index (κ3) is 9.80. The maximum atomic E-state index is 17.5. The average molecular weight is 896 g/mol. The average Bonchev–Trinajstić information content (AvgIpc) is 3.50. The van der Waals surface area contributed by atoms with Crippen LogP contribution in [0.2, 0.25) is 0 Å². The Labute approximate surface area is 364 Å². The summed E-state index contributed by atoms with van der Waals surface area (Å²) in [5.74, 6) is -0.463. The van der Waals surface area contributed by atoms with E-state index in [1.165, 1.54) is 27.2 Å². The minimum Gasteiger partial charge on any atom is -0.497 e. The van der Waals surface area contributed by atoms with E-state index in [0.717, 1.165) is 17.2 Å². The largest absolute Gasteiger partial charge is 0.497 e. The van der Waals surface area contributed by atoms with Crippen LogP contribution in [0.5, 0.6) is 17.5 Å². The lowest BCUT2D eigenvalue weighted by Gasteiger charge is -2.42. The second-order valence-electron chi connectivity index (χ2n) is 16.6. The molecule has 5 aromatic rings. The first-order chi connectivity index (χ1) is 30.2. The number of nitriles is 1. The summed E-state index contributed by atoms with van der Waals surface area (Å²) in [7, 11) is 3.01. The Morgan fingerprint density at radius 1 is 0.859 bits per heavy atom. The predicted molar refractivity (Wildman–Crippen MR) is 222 cm³/mol. The van der Waals surface area contributed by atoms with Crippen molar-refractivity contribution in [2.45, 2.75) is 83.7 Å². The molecule has 64 heavy (non-hydrogen) atoms. The fourth-order valence-electron chi connectivity index (χ4n) is 8.13. The number of benzene rings is 3. The lowest BCUT2D eigenvalue weighted by Crippen LogP contribution is -2.57. The summed E-state index contributed by atoms with van der Waals surface area (Å²) in [6, 6.07) is 16.3. The van der Waals surface area contributed by atoms with Gasteiger partial charge in [0.25, 0.3) is 0 Å². The lowest BCUT2D eigenvalue weighted by molar-refractivity contribution is -0.154. The van der Waals surface area contributed by atoms with E-state index in [4.69, 9.17) is 18.9 Å². The van der Waals surface area contributed by atoms with Crippen molar-refractivity contribution >= 4 is 28.6 Å². The number of rotatable bonds is 11. The van der Waals surface area contributed by atoms with Gasteiger partial charge >= 0.3 is 24.5 Å². The van der Waals surface area contributed by atoms with Crippen LogP contribution in [0.3, 0.4) is 0 Å². The van der Waals surface area contributed by atoms with Crippen molar-refractivity contribution in [3.8, 4) is 34.8 Å². The molecule has 0 unspecified atom stereocenters. The molecule has 2 saturated heterocycles. The van der Waals surface area contributed by atoms with Crippen molar-refractivity contribution in [3.63, 3.8) is 0 Å². The van der Waals surface area contributed by atoms with Gasteiger partial charge in [0.2, 0.25) is 0 Å². The Kier molecular flexibility index (Phi) is 12.4. The first-order valence-corrected chi connectivity index (χ1v) is 20.2. The lowest BCUT2D eigenvalue weighted by atomic mass is 9.95. The highest BCUT2D eigenvalue weighted by molar-refractivity contribution is 5.96. The van der Waals surface area contributed by atoms with Crippen LogP contribution in [0.25, 0.3) is 22.2 Å². The van der Waals surface area contributed by atoms with E-state index in [1.807, 2.05) is 6.07 Å². The Morgan fingerprint density at radius 2 is 1.42 bits per heavy atom. The maximum Gasteiger partial charge on any atom is 0.422 e. The van der Waals surface area contributed by atoms with Gasteiger partial charge in [0.05, 0.1) is 54.8 Å². The van der Waals surface area contributed by atoms with Crippen LogP contribution in [0.1, 0.15) is 61.4 Å². The van der Waals surface area contributed by atoms with Gasteiger partial charge in [0, 0.05) is 31.6 Å². The zero-order valence-corrected chi connectivity index (χ0v) is 35.7. The fraction of sp³-hybridized carbons (Fsp3) is 0.400. The Morgan fingerprint density at radius 3 is 1.91 bits per heavy atom. The number of methoxy groups -OCH3 is 2. The summed E-state index contributed by atoms with van der Waals surface area (Å²) in [5.41, 5.74) is -4.11. The van der Waals surface area contributed by atoms with E-state index in [2.05, 4.69) is 15.0 Å². The van der Waals surface area contributed by atoms with Gasteiger partial charge in [-0.3, -0.25) is 4.90 Å². The predicted octanol–water partition coefficient (Wildman–Crippen LogP) is 9.78. The second-order valence-corrected chi connectivity index (χ2v) is 16.6. The topological polar surface area (TPSA) is 126 Å². The highest BCUT2D eigenvalue weighted by atomic mass is 19.4. The molecule has 3 aromatic carbocycles. The molecule has 2 bridgehead atoms. The molecule has 0 saturated carbocycles. The molecule has 2 aliphatic heterocycles. The Bertz CT molecular complexity index is 2510. The number of aryl methyl sites for hydroxylation is 1. The number of pyridine rings is 1. The normalized spacial score (nSPS) is 16.4. The third-order valence-electron chi connectivity index (χ3n) is 10.9. The number of alkyl halides is 6. The highest BCUT2D eigenvalue weighted by Gasteiger charge is 2.46. The van der Waals surface area contributed by atoms with E-state index in [-0.39, 0.29) is 48.8 Å². The van der Waals surface area contributed by atoms with Crippen LogP contribution in [0.4, 0.5) is 47.2 Å². The molecule has 12 nitrogen and oxygen atoms in total. The van der Waals surface area contributed by atoms with Crippen LogP contribution in [0.15, 0.2) is 60.7 Å². The molecule has 338 valence electrons. The van der Waals surface area contributed by atoms with E-state index in [1.54, 1.807) is 84.0 Å². The van der Waals surface area contributed by atoms with E-state index >= 15 is 17.6 Å². The number of piperazine rings is 1. The van der Waals surface area contributed by atoms with Crippen molar-refractivity contribution in [1.82, 2.24) is 19.9 Å². The molecule has 2 aliphatic rings. The van der Waals surface area contributed by atoms with Crippen LogP contribution < -0.4 is 24.0 Å². The molecule has 1 amide bonds. The van der Waals surface area contributed by atoms with Gasteiger partial charge in [-0.25, -0.2) is 14.2 Å². The number of hydrogen-bond acceptors (Lipinski definition) is 11. The van der Waals surface area contributed by atoms with Gasteiger partial charge in [-0.15, -0.1) is 0 Å². The number of anilines is 2. The molecule has 2 atom stereocenters. The molecule has 0 radical (unpaired) electrons. The zero-order valence-electron chi connectivity index (χ0n) is 35.7. The van der Waals surface area contributed by atoms with Gasteiger partial charge in [0.1, 0.15) is 34.3 Å². The van der Waals surface area contributed by atoms with Crippen LogP contribution >= 0.6 is 0 Å². The van der Waals surface area contributed by atoms with E-state index in [0.29, 0.717) is 24.3 Å². The van der Waals surface area contributed by atoms with Crippen molar-refractivity contribution in [2.75, 3.05) is 43.7 Å². The van der Waals surface area contributed by atoms with Crippen molar-refractivity contribution < 1.29 is 54.5 Å². The monoisotopic (exact) mass is 895 g/mol. The van der Waals surface area contributed by atoms with Gasteiger partial charge in [0.15, 0.2) is 12.4 Å². The summed E-state index contributed by atoms with van der Waals surface area (Å²) in [4.78, 5) is 30.8. The summed E-state index contributed by atoms with van der Waals surface area (Å²) in [6.45, 7) is 4.86. The third-order valence-corrected chi connectivity index (χ3v) is 10.9. The van der Waals surface area contributed by atoms with Crippen LogP contribution in [-0.2, 0) is 24.0 Å². The first kappa shape index (κ1) is 45.4. The number of carbonyl (C=O) groups is 1. The number of amides is 1. The van der Waals surface area contributed by atoms with Crippen LogP contribution in [0, 0.1) is 24.1 Å². The van der Waals surface area contributed by atoms with E-state index in [9.17, 15) is 23.2 Å². The molecule has 2 fully saturated rings. The second kappa shape index (κ2) is 17.5. The first-order valence-electron chi connectivity index (χ1n) is 20.2. The van der Waals surface area contributed by atoms with Crippen molar-refractivity contribution in [3.05, 3.63) is 94.3 Å². The Hall–Kier alpha value is -6.58. The SMILES string of the molecule is COc1ccc(CN(Cc2ccc(OC)cc2)c2cc(C)c(C(F)(F)F)c(-c3c(C#N)cc4c(N5C[C@H]6CC[C@@H](C5)N6C(=O)OC(C)(C)C)nc(OCC(F)(F)F)nc4c3F)n2)cc1. The molecular formula is C45H44F7N7O5. The minimum absolute atomic E-state index is 0.00793. The molecule has 0 spiro atoms. The number of halogens is 7. The molecule has 4 heterocycles. The smallest absolute Gasteiger partial charge is 0.422 e. The van der Waals surface area contributed by atoms with Crippen LogP contribution in [-0.4, -0.2) is 83.7 Å². The summed E-state index contributed by atoms with van der Waals surface area (Å²) in [5, 5.41) is 10.4. The number of hydrogen-bond donors (Lipinski definition) is 0.